The summed E-state index contributed by atoms with van der Waals surface area (Å²) >= 11 is 0. The Morgan fingerprint density at radius 1 is 1.04 bits per heavy atom. The number of pyridine rings is 1. The van der Waals surface area contributed by atoms with E-state index in [2.05, 4.69) is 21.9 Å². The zero-order chi connectivity index (χ0) is 41.3. The van der Waals surface area contributed by atoms with Crippen LogP contribution in [0.4, 0.5) is 4.79 Å². The van der Waals surface area contributed by atoms with Crippen LogP contribution >= 0.6 is 0 Å². The van der Waals surface area contributed by atoms with Gasteiger partial charge in [-0.2, -0.15) is 0 Å². The van der Waals surface area contributed by atoms with Crippen molar-refractivity contribution in [1.29, 1.82) is 0 Å². The maximum absolute atomic E-state index is 14.8. The molecule has 57 heavy (non-hydrogen) atoms. The van der Waals surface area contributed by atoms with E-state index in [1.807, 2.05) is 42.5 Å². The van der Waals surface area contributed by atoms with Crippen molar-refractivity contribution >= 4 is 44.7 Å². The van der Waals surface area contributed by atoms with E-state index in [4.69, 9.17) is 19.2 Å². The smallest absolute Gasteiger partial charge is 0.408 e. The Morgan fingerprint density at radius 3 is 2.35 bits per heavy atom. The standard InChI is InChI=1S/C42H53N5O9S/c1-8-28-23-42(28,39(50)46-57(52,53)25(2)3)45-37(48)34-21-30(24-47(34)38(49)36(27-16-12-13-17-27)44-40(51)56-41(4,5)6)55-35-22-32(26-14-10-9-11-15-26)43-33-20-29(54-7)18-19-31(33)35/h8-11,14-15,18-20,22,25,27-28,30,34,36H,1,12-13,16-17,21,23-24H2,2-7H3,(H,44,51)(H,45,48)(H,46,50). The number of nitrogens with one attached hydrogen (secondary N) is 3. The summed E-state index contributed by atoms with van der Waals surface area (Å²) in [7, 11) is -2.45. The minimum absolute atomic E-state index is 0.0252. The lowest BCUT2D eigenvalue weighted by atomic mass is 9.96. The molecule has 4 amide bonds. The van der Waals surface area contributed by atoms with Gasteiger partial charge in [-0.25, -0.2) is 18.2 Å². The molecule has 0 bridgehead atoms. The molecular formula is C42H53N5O9S. The average molecular weight is 804 g/mol. The number of fused-ring (bicyclic) bond motifs is 1. The average Bonchev–Trinajstić information content (AvgIpc) is 3.44. The van der Waals surface area contributed by atoms with Crippen LogP contribution < -0.4 is 24.8 Å². The fraction of sp³-hybridized carbons (Fsp3) is 0.500. The molecule has 14 nitrogen and oxygen atoms in total. The van der Waals surface area contributed by atoms with Crippen LogP contribution in [0.15, 0.2) is 67.3 Å². The highest BCUT2D eigenvalue weighted by molar-refractivity contribution is 7.90. The van der Waals surface area contributed by atoms with E-state index in [-0.39, 0.29) is 25.3 Å². The molecule has 3 fully saturated rings. The fourth-order valence-electron chi connectivity index (χ4n) is 7.67. The molecule has 306 valence electrons. The molecule has 2 aromatic carbocycles. The molecule has 1 aromatic heterocycles. The van der Waals surface area contributed by atoms with Crippen LogP contribution in [0, 0.1) is 11.8 Å². The summed E-state index contributed by atoms with van der Waals surface area (Å²) in [6.07, 6.45) is 3.34. The Labute approximate surface area is 334 Å². The number of ether oxygens (including phenoxy) is 3. The Balaban J connectivity index is 1.35. The van der Waals surface area contributed by atoms with Crippen molar-refractivity contribution in [2.24, 2.45) is 11.8 Å². The van der Waals surface area contributed by atoms with Gasteiger partial charge in [-0.05, 0) is 71.9 Å². The number of likely N-dealkylation sites (tertiary alicyclic amines) is 1. The number of carbonyl (C=O) groups excluding carboxylic acids is 4. The maximum Gasteiger partial charge on any atom is 0.408 e. The molecule has 15 heteroatoms. The Morgan fingerprint density at radius 2 is 1.74 bits per heavy atom. The van der Waals surface area contributed by atoms with Crippen molar-refractivity contribution < 1.29 is 41.8 Å². The van der Waals surface area contributed by atoms with Crippen molar-refractivity contribution in [3.8, 4) is 22.8 Å². The molecule has 3 aliphatic rings. The first-order valence-electron chi connectivity index (χ1n) is 19.5. The summed E-state index contributed by atoms with van der Waals surface area (Å²) in [6, 6.07) is 14.7. The van der Waals surface area contributed by atoms with Gasteiger partial charge in [0.2, 0.25) is 21.8 Å². The first-order chi connectivity index (χ1) is 26.9. The third kappa shape index (κ3) is 9.19. The molecule has 3 aromatic rings. The number of methoxy groups -OCH3 is 1. The molecular weight excluding hydrogens is 751 g/mol. The first kappa shape index (κ1) is 41.5. The number of benzene rings is 2. The number of carbonyl (C=O) groups is 4. The largest absolute Gasteiger partial charge is 0.497 e. The van der Waals surface area contributed by atoms with Gasteiger partial charge in [0.25, 0.3) is 5.91 Å². The molecule has 2 aliphatic carbocycles. The van der Waals surface area contributed by atoms with Gasteiger partial charge in [0.05, 0.1) is 30.1 Å². The molecule has 5 unspecified atom stereocenters. The second-order valence-corrected chi connectivity index (χ2v) is 18.7. The van der Waals surface area contributed by atoms with Gasteiger partial charge in [-0.15, -0.1) is 6.58 Å². The second-order valence-electron chi connectivity index (χ2n) is 16.4. The molecule has 5 atom stereocenters. The van der Waals surface area contributed by atoms with Gasteiger partial charge in [0.15, 0.2) is 0 Å². The van der Waals surface area contributed by atoms with Crippen molar-refractivity contribution in [3.05, 3.63) is 67.3 Å². The molecule has 0 radical (unpaired) electrons. The number of nitrogens with zero attached hydrogens (tertiary/aromatic N) is 2. The number of hydrogen-bond donors (Lipinski definition) is 3. The normalized spacial score (nSPS) is 22.8. The Bertz CT molecular complexity index is 2130. The Hall–Kier alpha value is -5.18. The van der Waals surface area contributed by atoms with Gasteiger partial charge >= 0.3 is 6.09 Å². The number of sulfonamides is 1. The summed E-state index contributed by atoms with van der Waals surface area (Å²) in [5.41, 5.74) is -0.295. The molecule has 3 N–H and O–H groups in total. The first-order valence-corrected chi connectivity index (χ1v) is 21.0. The van der Waals surface area contributed by atoms with Crippen LogP contribution in [0.3, 0.4) is 0 Å². The van der Waals surface area contributed by atoms with E-state index in [1.54, 1.807) is 40.0 Å². The minimum atomic E-state index is -4.02. The lowest BCUT2D eigenvalue weighted by molar-refractivity contribution is -0.142. The molecule has 1 aliphatic heterocycles. The SMILES string of the molecule is C=CC1CC1(NC(=O)C1CC(Oc2cc(-c3ccccc3)nc3cc(OC)ccc23)CN1C(=O)C(NC(=O)OC(C)(C)C)C1CCCC1)C(=O)NS(=O)(=O)C(C)C. The molecule has 6 rings (SSSR count). The van der Waals surface area contributed by atoms with Crippen LogP contribution in [-0.4, -0.2) is 90.3 Å². The van der Waals surface area contributed by atoms with Crippen molar-refractivity contribution in [2.75, 3.05) is 13.7 Å². The van der Waals surface area contributed by atoms with Gasteiger partial charge < -0.3 is 29.7 Å². The number of alkyl carbamates (subject to hydrolysis) is 1. The topological polar surface area (TPSA) is 182 Å². The predicted molar refractivity (Wildman–Crippen MR) is 215 cm³/mol. The molecule has 2 heterocycles. The molecule has 1 saturated heterocycles. The lowest BCUT2D eigenvalue weighted by Gasteiger charge is -2.32. The third-order valence-electron chi connectivity index (χ3n) is 10.9. The summed E-state index contributed by atoms with van der Waals surface area (Å²) < 4.78 is 45.4. The quantitative estimate of drug-likeness (QED) is 0.193. The Kier molecular flexibility index (Phi) is 11.9. The second kappa shape index (κ2) is 16.4. The third-order valence-corrected chi connectivity index (χ3v) is 12.6. The predicted octanol–water partition coefficient (Wildman–Crippen LogP) is 5.26. The van der Waals surface area contributed by atoms with Gasteiger partial charge in [0, 0.05) is 35.4 Å². The molecule has 0 spiro atoms. The van der Waals surface area contributed by atoms with Gasteiger partial charge in [-0.3, -0.25) is 19.1 Å². The highest BCUT2D eigenvalue weighted by Gasteiger charge is 2.61. The maximum atomic E-state index is 14.8. The number of amides is 4. The summed E-state index contributed by atoms with van der Waals surface area (Å²) in [6.45, 7) is 11.9. The van der Waals surface area contributed by atoms with E-state index in [0.717, 1.165) is 18.4 Å². The number of aromatic nitrogens is 1. The summed E-state index contributed by atoms with van der Waals surface area (Å²) in [5.74, 6) is -1.68. The van der Waals surface area contributed by atoms with E-state index < -0.39 is 74.3 Å². The van der Waals surface area contributed by atoms with Gasteiger partial charge in [0.1, 0.15) is 40.8 Å². The highest BCUT2D eigenvalue weighted by Crippen LogP contribution is 2.45. The van der Waals surface area contributed by atoms with E-state index in [1.165, 1.54) is 24.8 Å². The van der Waals surface area contributed by atoms with Crippen LogP contribution in [0.5, 0.6) is 11.5 Å². The van der Waals surface area contributed by atoms with E-state index >= 15 is 0 Å². The van der Waals surface area contributed by atoms with Crippen molar-refractivity contribution in [3.63, 3.8) is 0 Å². The number of rotatable bonds is 13. The van der Waals surface area contributed by atoms with Crippen molar-refractivity contribution in [2.45, 2.75) is 108 Å². The zero-order valence-corrected chi connectivity index (χ0v) is 34.2. The molecule has 2 saturated carbocycles. The zero-order valence-electron chi connectivity index (χ0n) is 33.4. The van der Waals surface area contributed by atoms with Crippen molar-refractivity contribution in [1.82, 2.24) is 25.2 Å². The van der Waals surface area contributed by atoms with Crippen LogP contribution in [-0.2, 0) is 29.1 Å². The number of hydrogen-bond acceptors (Lipinski definition) is 10. The van der Waals surface area contributed by atoms with Crippen LogP contribution in [0.2, 0.25) is 0 Å². The van der Waals surface area contributed by atoms with Crippen LogP contribution in [0.1, 0.15) is 73.1 Å². The monoisotopic (exact) mass is 803 g/mol. The van der Waals surface area contributed by atoms with Gasteiger partial charge in [-0.1, -0.05) is 49.2 Å². The van der Waals surface area contributed by atoms with E-state index in [9.17, 15) is 27.6 Å². The summed E-state index contributed by atoms with van der Waals surface area (Å²) in [4.78, 5) is 62.3. The lowest BCUT2D eigenvalue weighted by Crippen LogP contribution is -2.59. The highest BCUT2D eigenvalue weighted by atomic mass is 32.2. The van der Waals surface area contributed by atoms with E-state index in [0.29, 0.717) is 40.9 Å². The van der Waals surface area contributed by atoms with Crippen LogP contribution in [0.25, 0.3) is 22.2 Å². The minimum Gasteiger partial charge on any atom is -0.497 e. The fourth-order valence-corrected chi connectivity index (χ4v) is 8.35. The summed E-state index contributed by atoms with van der Waals surface area (Å²) in [5, 5.41) is 5.43.